The number of carboxylic acids is 1. The van der Waals surface area contributed by atoms with Gasteiger partial charge < -0.3 is 9.94 Å². The molecule has 1 aromatic carbocycles. The molecule has 2 N–H and O–H groups in total. The van der Waals surface area contributed by atoms with Gasteiger partial charge in [-0.2, -0.15) is 0 Å². The summed E-state index contributed by atoms with van der Waals surface area (Å²) in [7, 11) is 0. The minimum atomic E-state index is -1.08. The van der Waals surface area contributed by atoms with Crippen LogP contribution >= 0.6 is 0 Å². The summed E-state index contributed by atoms with van der Waals surface area (Å²) in [6.45, 7) is 1.39. The number of benzene rings is 1. The van der Waals surface area contributed by atoms with Crippen molar-refractivity contribution in [1.29, 1.82) is 0 Å². The van der Waals surface area contributed by atoms with Crippen molar-refractivity contribution in [3.63, 3.8) is 0 Å². The minimum absolute atomic E-state index is 0.111. The van der Waals surface area contributed by atoms with Gasteiger partial charge >= 0.3 is 11.9 Å². The molecule has 0 fully saturated rings. The van der Waals surface area contributed by atoms with Gasteiger partial charge in [0.25, 0.3) is 0 Å². The first kappa shape index (κ1) is 12.2. The van der Waals surface area contributed by atoms with Gasteiger partial charge in [-0.1, -0.05) is 30.3 Å². The van der Waals surface area contributed by atoms with E-state index in [-0.39, 0.29) is 6.42 Å². The Bertz CT molecular complexity index is 364. The number of carboxylic acid groups (broad SMARTS) is 1. The van der Waals surface area contributed by atoms with Crippen molar-refractivity contribution in [3.8, 4) is 0 Å². The summed E-state index contributed by atoms with van der Waals surface area (Å²) < 4.78 is 0. The Hall–Kier alpha value is -1.88. The molecule has 0 amide bonds. The lowest BCUT2D eigenvalue weighted by Crippen LogP contribution is -2.35. The van der Waals surface area contributed by atoms with E-state index in [1.54, 1.807) is 12.1 Å². The maximum absolute atomic E-state index is 11.3. The van der Waals surface area contributed by atoms with E-state index < -0.39 is 18.0 Å². The summed E-state index contributed by atoms with van der Waals surface area (Å²) in [5, 5.41) is 8.53. The van der Waals surface area contributed by atoms with Crippen LogP contribution in [-0.2, 0) is 20.8 Å². The van der Waals surface area contributed by atoms with E-state index in [4.69, 9.17) is 5.11 Å². The number of aliphatic carboxylic acids is 1. The van der Waals surface area contributed by atoms with Crippen molar-refractivity contribution in [2.75, 3.05) is 0 Å². The van der Waals surface area contributed by atoms with Gasteiger partial charge in [0.05, 0.1) is 6.42 Å². The number of rotatable bonds is 5. The lowest BCUT2D eigenvalue weighted by Gasteiger charge is -2.08. The standard InChI is InChI=1S/C11H13NO4/c1-8(11(14)15)12-16-10(13)7-9-5-3-2-4-6-9/h2-6,8,12H,7H2,1H3,(H,14,15). The Balaban J connectivity index is 2.35. The van der Waals surface area contributed by atoms with Crippen LogP contribution in [0.4, 0.5) is 0 Å². The van der Waals surface area contributed by atoms with Crippen LogP contribution in [0.2, 0.25) is 0 Å². The summed E-state index contributed by atoms with van der Waals surface area (Å²) in [4.78, 5) is 26.3. The van der Waals surface area contributed by atoms with Gasteiger partial charge in [0, 0.05) is 0 Å². The highest BCUT2D eigenvalue weighted by molar-refractivity contribution is 5.74. The van der Waals surface area contributed by atoms with Crippen molar-refractivity contribution < 1.29 is 19.5 Å². The summed E-state index contributed by atoms with van der Waals surface area (Å²) in [5.74, 6) is -1.59. The van der Waals surface area contributed by atoms with E-state index in [9.17, 15) is 9.59 Å². The molecule has 0 saturated heterocycles. The second-order valence-corrected chi connectivity index (χ2v) is 3.31. The highest BCUT2D eigenvalue weighted by Gasteiger charge is 2.12. The number of hydrogen-bond acceptors (Lipinski definition) is 4. The fraction of sp³-hybridized carbons (Fsp3) is 0.273. The van der Waals surface area contributed by atoms with Crippen molar-refractivity contribution in [1.82, 2.24) is 5.48 Å². The van der Waals surface area contributed by atoms with Crippen molar-refractivity contribution in [2.24, 2.45) is 0 Å². The maximum Gasteiger partial charge on any atom is 0.329 e. The molecular weight excluding hydrogens is 210 g/mol. The normalized spacial score (nSPS) is 11.8. The van der Waals surface area contributed by atoms with E-state index in [1.165, 1.54) is 6.92 Å². The average Bonchev–Trinajstić information content (AvgIpc) is 2.27. The van der Waals surface area contributed by atoms with Crippen LogP contribution in [-0.4, -0.2) is 23.1 Å². The van der Waals surface area contributed by atoms with Gasteiger partial charge in [-0.3, -0.25) is 9.59 Å². The SMILES string of the molecule is CC(NOC(=O)Cc1ccccc1)C(=O)O. The molecule has 1 aromatic rings. The Morgan fingerprint density at radius 1 is 1.38 bits per heavy atom. The molecule has 0 radical (unpaired) electrons. The Morgan fingerprint density at radius 2 is 2.00 bits per heavy atom. The maximum atomic E-state index is 11.3. The number of nitrogens with one attached hydrogen (secondary N) is 1. The van der Waals surface area contributed by atoms with E-state index >= 15 is 0 Å². The third-order valence-electron chi connectivity index (χ3n) is 1.91. The lowest BCUT2D eigenvalue weighted by molar-refractivity contribution is -0.156. The Labute approximate surface area is 93.0 Å². The van der Waals surface area contributed by atoms with Crippen molar-refractivity contribution >= 4 is 11.9 Å². The van der Waals surface area contributed by atoms with E-state index in [2.05, 4.69) is 10.3 Å². The average molecular weight is 223 g/mol. The van der Waals surface area contributed by atoms with Crippen LogP contribution in [0.15, 0.2) is 30.3 Å². The van der Waals surface area contributed by atoms with E-state index in [0.29, 0.717) is 0 Å². The van der Waals surface area contributed by atoms with Crippen LogP contribution in [0.3, 0.4) is 0 Å². The molecule has 0 aliphatic rings. The number of carbonyl (C=O) groups is 2. The minimum Gasteiger partial charge on any atom is -0.480 e. The Morgan fingerprint density at radius 3 is 2.56 bits per heavy atom. The second-order valence-electron chi connectivity index (χ2n) is 3.31. The highest BCUT2D eigenvalue weighted by atomic mass is 16.7. The molecule has 0 spiro atoms. The predicted molar refractivity (Wildman–Crippen MR) is 56.5 cm³/mol. The lowest BCUT2D eigenvalue weighted by atomic mass is 10.2. The number of hydrogen-bond donors (Lipinski definition) is 2. The molecule has 0 aliphatic carbocycles. The zero-order chi connectivity index (χ0) is 12.0. The summed E-state index contributed by atoms with van der Waals surface area (Å²) >= 11 is 0. The predicted octanol–water partition coefficient (Wildman–Crippen LogP) is 0.750. The van der Waals surface area contributed by atoms with Gasteiger partial charge in [-0.05, 0) is 12.5 Å². The molecule has 0 saturated carbocycles. The quantitative estimate of drug-likeness (QED) is 0.720. The Kier molecular flexibility index (Phi) is 4.47. The molecule has 1 rings (SSSR count). The molecule has 0 aromatic heterocycles. The highest BCUT2D eigenvalue weighted by Crippen LogP contribution is 2.00. The molecule has 16 heavy (non-hydrogen) atoms. The van der Waals surface area contributed by atoms with Crippen LogP contribution in [0.1, 0.15) is 12.5 Å². The fourth-order valence-electron chi connectivity index (χ4n) is 1.00. The third kappa shape index (κ3) is 4.10. The van der Waals surface area contributed by atoms with Gasteiger partial charge in [-0.15, -0.1) is 5.48 Å². The summed E-state index contributed by atoms with van der Waals surface area (Å²) in [5.41, 5.74) is 2.97. The second kappa shape index (κ2) is 5.87. The molecule has 0 bridgehead atoms. The van der Waals surface area contributed by atoms with Gasteiger partial charge in [-0.25, -0.2) is 0 Å². The van der Waals surface area contributed by atoms with Crippen molar-refractivity contribution in [3.05, 3.63) is 35.9 Å². The first-order valence-corrected chi connectivity index (χ1v) is 4.81. The largest absolute Gasteiger partial charge is 0.480 e. The molecule has 1 atom stereocenters. The number of hydroxylamine groups is 1. The molecular formula is C11H13NO4. The number of carbonyl (C=O) groups excluding carboxylic acids is 1. The smallest absolute Gasteiger partial charge is 0.329 e. The van der Waals surface area contributed by atoms with Crippen LogP contribution in [0.25, 0.3) is 0 Å². The van der Waals surface area contributed by atoms with Gasteiger partial charge in [0.1, 0.15) is 6.04 Å². The molecule has 86 valence electrons. The van der Waals surface area contributed by atoms with E-state index in [1.807, 2.05) is 18.2 Å². The zero-order valence-corrected chi connectivity index (χ0v) is 8.84. The first-order valence-electron chi connectivity index (χ1n) is 4.81. The monoisotopic (exact) mass is 223 g/mol. The van der Waals surface area contributed by atoms with E-state index in [0.717, 1.165) is 5.56 Å². The van der Waals surface area contributed by atoms with Gasteiger partial charge in [0.2, 0.25) is 0 Å². The van der Waals surface area contributed by atoms with Crippen LogP contribution in [0, 0.1) is 0 Å². The third-order valence-corrected chi connectivity index (χ3v) is 1.91. The summed E-state index contributed by atoms with van der Waals surface area (Å²) in [6, 6.07) is 8.15. The van der Waals surface area contributed by atoms with Crippen LogP contribution < -0.4 is 5.48 Å². The van der Waals surface area contributed by atoms with Gasteiger partial charge in [0.15, 0.2) is 0 Å². The summed E-state index contributed by atoms with van der Waals surface area (Å²) in [6.07, 6.45) is 0.111. The molecule has 0 aliphatic heterocycles. The first-order chi connectivity index (χ1) is 7.59. The van der Waals surface area contributed by atoms with Crippen molar-refractivity contribution in [2.45, 2.75) is 19.4 Å². The molecule has 5 nitrogen and oxygen atoms in total. The van der Waals surface area contributed by atoms with Crippen LogP contribution in [0.5, 0.6) is 0 Å². The fourth-order valence-corrected chi connectivity index (χ4v) is 1.00. The molecule has 1 unspecified atom stereocenters. The molecule has 0 heterocycles. The molecule has 5 heteroatoms. The topological polar surface area (TPSA) is 75.6 Å². The zero-order valence-electron chi connectivity index (χ0n) is 8.84.